The molecule has 0 radical (unpaired) electrons. The number of nitrogens with one attached hydrogen (secondary N) is 1. The van der Waals surface area contributed by atoms with Crippen LogP contribution in [0, 0.1) is 46.3 Å². The summed E-state index contributed by atoms with van der Waals surface area (Å²) in [4.78, 5) is 15.4. The quantitative estimate of drug-likeness (QED) is 0.153. The van der Waals surface area contributed by atoms with E-state index >= 15 is 0 Å². The van der Waals surface area contributed by atoms with E-state index in [1.807, 2.05) is 0 Å². The summed E-state index contributed by atoms with van der Waals surface area (Å²) < 4.78 is 6.43. The minimum atomic E-state index is -0.460. The first kappa shape index (κ1) is 33.7. The minimum Gasteiger partial charge on any atom is -0.445 e. The Morgan fingerprint density at radius 2 is 1.86 bits per heavy atom. The normalized spacial score (nSPS) is 36.5. The Balaban J connectivity index is 1.48. The summed E-state index contributed by atoms with van der Waals surface area (Å²) >= 11 is 0. The molecule has 0 aromatic heterocycles. The SMILES string of the molecule is CC(C)CCC[C@@H](C)[C@H]1CC[C@H]2[C@@H]3CC=C4C[C@H](O)CC(OC(=O)N(CCN)CCCNCCN)[C@]4(C)[C@H]3CC[C@]12C. The van der Waals surface area contributed by atoms with Gasteiger partial charge in [-0.05, 0) is 92.4 Å². The molecule has 0 aromatic rings. The van der Waals surface area contributed by atoms with Crippen LogP contribution in [0.1, 0.15) is 105 Å². The molecule has 1 amide bonds. The van der Waals surface area contributed by atoms with Crippen LogP contribution >= 0.6 is 0 Å². The molecule has 3 fully saturated rings. The number of fused-ring (bicyclic) bond motifs is 5. The molecule has 3 saturated carbocycles. The second kappa shape index (κ2) is 14.8. The molecule has 7 heteroatoms. The molecular weight excluding hydrogens is 524 g/mol. The molecule has 4 aliphatic carbocycles. The van der Waals surface area contributed by atoms with Crippen LogP contribution in [-0.4, -0.2) is 67.6 Å². The van der Waals surface area contributed by atoms with Crippen molar-refractivity contribution in [3.05, 3.63) is 11.6 Å². The van der Waals surface area contributed by atoms with Crippen LogP contribution in [0.15, 0.2) is 11.6 Å². The molecule has 1 unspecified atom stereocenters. The number of amides is 1. The van der Waals surface area contributed by atoms with Gasteiger partial charge in [0.2, 0.25) is 0 Å². The maximum Gasteiger partial charge on any atom is 0.410 e. The van der Waals surface area contributed by atoms with E-state index in [1.54, 1.807) is 4.90 Å². The van der Waals surface area contributed by atoms with Crippen LogP contribution in [0.25, 0.3) is 0 Å². The third-order valence-corrected chi connectivity index (χ3v) is 12.4. The van der Waals surface area contributed by atoms with Crippen LogP contribution in [0.3, 0.4) is 0 Å². The number of rotatable bonds is 14. The number of aliphatic hydroxyl groups excluding tert-OH is 1. The predicted molar refractivity (Wildman–Crippen MR) is 172 cm³/mol. The fraction of sp³-hybridized carbons (Fsp3) is 0.914. The smallest absolute Gasteiger partial charge is 0.410 e. The number of ether oxygens (including phenoxy) is 1. The fourth-order valence-electron chi connectivity index (χ4n) is 10.1. The van der Waals surface area contributed by atoms with Gasteiger partial charge in [0, 0.05) is 44.6 Å². The Morgan fingerprint density at radius 1 is 1.07 bits per heavy atom. The lowest BCUT2D eigenvalue weighted by Crippen LogP contribution is -2.57. The van der Waals surface area contributed by atoms with E-state index in [9.17, 15) is 9.90 Å². The van der Waals surface area contributed by atoms with Crippen molar-refractivity contribution in [2.24, 2.45) is 57.8 Å². The van der Waals surface area contributed by atoms with Crippen molar-refractivity contribution in [1.82, 2.24) is 10.2 Å². The Morgan fingerprint density at radius 3 is 2.57 bits per heavy atom. The molecule has 7 nitrogen and oxygen atoms in total. The molecule has 0 bridgehead atoms. The van der Waals surface area contributed by atoms with Gasteiger partial charge in [0.1, 0.15) is 6.10 Å². The molecule has 242 valence electrons. The summed E-state index contributed by atoms with van der Waals surface area (Å²) in [6.07, 6.45) is 13.8. The molecule has 9 atom stereocenters. The molecule has 4 aliphatic rings. The van der Waals surface area contributed by atoms with Crippen LogP contribution in [0.4, 0.5) is 4.79 Å². The first-order valence-electron chi connectivity index (χ1n) is 17.5. The highest BCUT2D eigenvalue weighted by Gasteiger charge is 2.61. The summed E-state index contributed by atoms with van der Waals surface area (Å²) in [5.41, 5.74) is 13.0. The average Bonchev–Trinajstić information content (AvgIpc) is 3.30. The van der Waals surface area contributed by atoms with Crippen molar-refractivity contribution in [1.29, 1.82) is 0 Å². The highest BCUT2D eigenvalue weighted by Crippen LogP contribution is 2.67. The second-order valence-corrected chi connectivity index (χ2v) is 15.3. The summed E-state index contributed by atoms with van der Waals surface area (Å²) in [5, 5.41) is 14.2. The molecule has 0 heterocycles. The van der Waals surface area contributed by atoms with Gasteiger partial charge < -0.3 is 31.5 Å². The van der Waals surface area contributed by atoms with Crippen LogP contribution in [0.5, 0.6) is 0 Å². The van der Waals surface area contributed by atoms with Crippen molar-refractivity contribution in [2.45, 2.75) is 117 Å². The third kappa shape index (κ3) is 7.05. The van der Waals surface area contributed by atoms with Gasteiger partial charge in [-0.25, -0.2) is 4.79 Å². The van der Waals surface area contributed by atoms with Crippen molar-refractivity contribution >= 4 is 6.09 Å². The fourth-order valence-corrected chi connectivity index (χ4v) is 10.1. The van der Waals surface area contributed by atoms with E-state index in [-0.39, 0.29) is 17.6 Å². The number of hydrogen-bond donors (Lipinski definition) is 4. The van der Waals surface area contributed by atoms with E-state index in [1.165, 1.54) is 50.5 Å². The Hall–Kier alpha value is -1.15. The summed E-state index contributed by atoms with van der Waals surface area (Å²) in [6, 6.07) is 0. The molecule has 0 aromatic carbocycles. The average molecular weight is 589 g/mol. The molecule has 42 heavy (non-hydrogen) atoms. The Kier molecular flexibility index (Phi) is 11.9. The van der Waals surface area contributed by atoms with Gasteiger partial charge in [-0.2, -0.15) is 0 Å². The zero-order chi connectivity index (χ0) is 30.5. The van der Waals surface area contributed by atoms with Gasteiger partial charge in [0.05, 0.1) is 6.10 Å². The van der Waals surface area contributed by atoms with Gasteiger partial charge >= 0.3 is 6.09 Å². The van der Waals surface area contributed by atoms with E-state index in [4.69, 9.17) is 16.2 Å². The lowest BCUT2D eigenvalue weighted by Gasteiger charge is -2.60. The third-order valence-electron chi connectivity index (χ3n) is 12.4. The van der Waals surface area contributed by atoms with Crippen molar-refractivity contribution in [2.75, 3.05) is 39.3 Å². The van der Waals surface area contributed by atoms with Gasteiger partial charge in [0.25, 0.3) is 0 Å². The number of nitrogens with two attached hydrogens (primary N) is 2. The molecule has 0 aliphatic heterocycles. The van der Waals surface area contributed by atoms with Gasteiger partial charge in [0.15, 0.2) is 0 Å². The van der Waals surface area contributed by atoms with E-state index in [0.29, 0.717) is 56.3 Å². The van der Waals surface area contributed by atoms with Crippen molar-refractivity contribution in [3.63, 3.8) is 0 Å². The molecule has 0 spiro atoms. The van der Waals surface area contributed by atoms with Crippen LogP contribution in [-0.2, 0) is 4.74 Å². The highest BCUT2D eigenvalue weighted by atomic mass is 16.6. The maximum atomic E-state index is 13.6. The van der Waals surface area contributed by atoms with Gasteiger partial charge in [-0.1, -0.05) is 65.5 Å². The number of allylic oxidation sites excluding steroid dienone is 1. The lowest BCUT2D eigenvalue weighted by atomic mass is 9.46. The number of hydrogen-bond acceptors (Lipinski definition) is 6. The van der Waals surface area contributed by atoms with Crippen molar-refractivity contribution in [3.8, 4) is 0 Å². The Bertz CT molecular complexity index is 911. The molecular formula is C35H64N4O3. The van der Waals surface area contributed by atoms with Crippen LogP contribution < -0.4 is 16.8 Å². The zero-order valence-electron chi connectivity index (χ0n) is 27.6. The van der Waals surface area contributed by atoms with Gasteiger partial charge in [-0.3, -0.25) is 0 Å². The maximum absolute atomic E-state index is 13.6. The summed E-state index contributed by atoms with van der Waals surface area (Å²) in [5.74, 6) is 4.27. The highest BCUT2D eigenvalue weighted by molar-refractivity contribution is 5.68. The number of nitrogens with zero attached hydrogens (tertiary/aromatic N) is 1. The lowest BCUT2D eigenvalue weighted by molar-refractivity contribution is -0.113. The monoisotopic (exact) mass is 588 g/mol. The standard InChI is InChI=1S/C35H64N4O3/c1-24(2)8-6-9-25(3)29-12-13-30-28-11-10-26-22-27(40)23-32(35(26,5)31(28)14-15-34(29,30)4)42-33(41)39(21-17-37)20-7-18-38-19-16-36/h10,24-25,27-32,38,40H,6-9,11-23,36-37H2,1-5H3/t25-,27+,28+,29-,30+,31+,32?,34-,35+/m1/s1. The zero-order valence-corrected chi connectivity index (χ0v) is 27.6. The largest absolute Gasteiger partial charge is 0.445 e. The second-order valence-electron chi connectivity index (χ2n) is 15.3. The first-order chi connectivity index (χ1) is 20.1. The first-order valence-corrected chi connectivity index (χ1v) is 17.5. The van der Waals surface area contributed by atoms with E-state index in [2.05, 4.69) is 46.0 Å². The molecule has 4 rings (SSSR count). The summed E-state index contributed by atoms with van der Waals surface area (Å²) in [7, 11) is 0. The van der Waals surface area contributed by atoms with Crippen LogP contribution in [0.2, 0.25) is 0 Å². The number of carbonyl (C=O) groups is 1. The van der Waals surface area contributed by atoms with Crippen molar-refractivity contribution < 1.29 is 14.6 Å². The number of carbonyl (C=O) groups excluding carboxylic acids is 1. The topological polar surface area (TPSA) is 114 Å². The molecule has 6 N–H and O–H groups in total. The van der Waals surface area contributed by atoms with E-state index in [0.717, 1.165) is 49.6 Å². The van der Waals surface area contributed by atoms with Gasteiger partial charge in [-0.15, -0.1) is 0 Å². The predicted octanol–water partition coefficient (Wildman–Crippen LogP) is 5.70. The minimum absolute atomic E-state index is 0.211. The molecule has 0 saturated heterocycles. The van der Waals surface area contributed by atoms with E-state index < -0.39 is 6.10 Å². The Labute approximate surface area is 256 Å². The summed E-state index contributed by atoms with van der Waals surface area (Å²) in [6.45, 7) is 15.9. The number of aliphatic hydroxyl groups is 1.